The van der Waals surface area contributed by atoms with Crippen molar-refractivity contribution in [3.63, 3.8) is 0 Å². The lowest BCUT2D eigenvalue weighted by Crippen LogP contribution is -2.26. The zero-order valence-electron chi connectivity index (χ0n) is 18.9. The first-order chi connectivity index (χ1) is 16.7. The van der Waals surface area contributed by atoms with Crippen molar-refractivity contribution in [3.05, 3.63) is 107 Å². The van der Waals surface area contributed by atoms with Crippen LogP contribution in [0, 0.1) is 13.5 Å². The molecule has 4 heteroatoms. The van der Waals surface area contributed by atoms with Crippen LogP contribution in [0.25, 0.3) is 59.6 Å². The molecule has 0 atom stereocenters. The molecule has 2 aromatic heterocycles. The molecule has 0 bridgehead atoms. The molecule has 0 spiro atoms. The van der Waals surface area contributed by atoms with Crippen LogP contribution in [0.4, 0.5) is 5.69 Å². The van der Waals surface area contributed by atoms with Gasteiger partial charge in [-0.1, -0.05) is 90.2 Å². The molecule has 6 rings (SSSR count). The number of furan rings is 1. The smallest absolute Gasteiger partial charge is 0.272 e. The number of thiazole rings is 1. The molecular formula is C30H21N2OS+. The average Bonchev–Trinajstić information content (AvgIpc) is 3.48. The Morgan fingerprint density at radius 3 is 2.26 bits per heavy atom. The van der Waals surface area contributed by atoms with Crippen molar-refractivity contribution in [1.29, 1.82) is 0 Å². The summed E-state index contributed by atoms with van der Waals surface area (Å²) in [7, 11) is 2.05. The van der Waals surface area contributed by atoms with Crippen molar-refractivity contribution in [3.8, 4) is 32.8 Å². The Kier molecular flexibility index (Phi) is 4.79. The van der Waals surface area contributed by atoms with Gasteiger partial charge in [0.2, 0.25) is 0 Å². The summed E-state index contributed by atoms with van der Waals surface area (Å²) in [4.78, 5) is 3.83. The van der Waals surface area contributed by atoms with Crippen LogP contribution in [-0.2, 0) is 7.05 Å². The van der Waals surface area contributed by atoms with Crippen molar-refractivity contribution in [1.82, 2.24) is 0 Å². The van der Waals surface area contributed by atoms with E-state index in [1.54, 1.807) is 11.3 Å². The maximum atomic E-state index is 7.79. The van der Waals surface area contributed by atoms with Gasteiger partial charge in [0.05, 0.1) is 12.0 Å². The Hall–Kier alpha value is -4.20. The van der Waals surface area contributed by atoms with Crippen molar-refractivity contribution >= 4 is 39.0 Å². The molecule has 0 saturated carbocycles. The van der Waals surface area contributed by atoms with E-state index in [2.05, 4.69) is 95.6 Å². The standard InChI is InChI=1S/C30H21N2OS/c1-19-9-14-24-27-25(31-2)16-15-23(22-12-10-21(11-13-22)20-7-5-4-6-8-20)28(27)33-29(24)26(19)30-32(3)17-18-34-30/h4-18H,1,3H3/q+1. The summed E-state index contributed by atoms with van der Waals surface area (Å²) in [6.07, 6.45) is 2.06. The molecule has 4 aromatic carbocycles. The molecule has 3 nitrogen and oxygen atoms in total. The lowest BCUT2D eigenvalue weighted by Gasteiger charge is -2.06. The van der Waals surface area contributed by atoms with Gasteiger partial charge in [-0.2, -0.15) is 4.57 Å². The zero-order chi connectivity index (χ0) is 23.2. The number of aromatic nitrogens is 1. The summed E-state index contributed by atoms with van der Waals surface area (Å²) in [6, 6.07) is 27.1. The van der Waals surface area contributed by atoms with Gasteiger partial charge in [0.15, 0.2) is 11.9 Å². The maximum absolute atomic E-state index is 7.79. The van der Waals surface area contributed by atoms with Crippen molar-refractivity contribution < 1.29 is 8.98 Å². The van der Waals surface area contributed by atoms with Crippen LogP contribution in [-0.4, -0.2) is 0 Å². The van der Waals surface area contributed by atoms with Crippen LogP contribution >= 0.6 is 11.3 Å². The van der Waals surface area contributed by atoms with E-state index in [9.17, 15) is 0 Å². The summed E-state index contributed by atoms with van der Waals surface area (Å²) in [6.45, 7) is 9.90. The number of hydrogen-bond acceptors (Lipinski definition) is 2. The fraction of sp³-hybridized carbons (Fsp3) is 0.0667. The largest absolute Gasteiger partial charge is 0.456 e. The van der Waals surface area contributed by atoms with E-state index >= 15 is 0 Å². The molecule has 0 radical (unpaired) electrons. The summed E-state index contributed by atoms with van der Waals surface area (Å²) in [5.74, 6) is 0. The predicted molar refractivity (Wildman–Crippen MR) is 140 cm³/mol. The Bertz CT molecular complexity index is 1720. The Morgan fingerprint density at radius 2 is 1.56 bits per heavy atom. The van der Waals surface area contributed by atoms with E-state index in [0.29, 0.717) is 5.69 Å². The molecule has 0 fully saturated rings. The van der Waals surface area contributed by atoms with Gasteiger partial charge in [-0.05, 0) is 29.2 Å². The topological polar surface area (TPSA) is 21.4 Å². The number of benzene rings is 4. The molecule has 0 aliphatic heterocycles. The second-order valence-electron chi connectivity index (χ2n) is 8.45. The SMILES string of the molecule is [C-]#[N+]c1ccc(-c2ccc(-c3ccccc3)cc2)c2oc3c(-c4scc[n+]4C)c(C)ccc3c12. The van der Waals surface area contributed by atoms with Gasteiger partial charge in [-0.15, -0.1) is 0 Å². The van der Waals surface area contributed by atoms with Crippen LogP contribution in [0.3, 0.4) is 0 Å². The third-order valence-corrected chi connectivity index (χ3v) is 7.37. The van der Waals surface area contributed by atoms with E-state index in [-0.39, 0.29) is 0 Å². The first-order valence-electron chi connectivity index (χ1n) is 11.1. The maximum Gasteiger partial charge on any atom is 0.272 e. The van der Waals surface area contributed by atoms with E-state index in [0.717, 1.165) is 49.2 Å². The third-order valence-electron chi connectivity index (χ3n) is 6.40. The Labute approximate surface area is 202 Å². The van der Waals surface area contributed by atoms with Gasteiger partial charge in [-0.3, -0.25) is 0 Å². The molecule has 0 aliphatic carbocycles. The molecule has 2 heterocycles. The fourth-order valence-electron chi connectivity index (χ4n) is 4.66. The van der Waals surface area contributed by atoms with Crippen molar-refractivity contribution in [2.75, 3.05) is 0 Å². The van der Waals surface area contributed by atoms with Crippen LogP contribution < -0.4 is 4.57 Å². The zero-order valence-corrected chi connectivity index (χ0v) is 19.7. The first-order valence-corrected chi connectivity index (χ1v) is 12.0. The number of hydrogen-bond donors (Lipinski definition) is 0. The Balaban J connectivity index is 1.61. The van der Waals surface area contributed by atoms with E-state index < -0.39 is 0 Å². The molecule has 0 N–H and O–H groups in total. The van der Waals surface area contributed by atoms with Gasteiger partial charge in [-0.25, -0.2) is 4.85 Å². The quantitative estimate of drug-likeness (QED) is 0.193. The highest BCUT2D eigenvalue weighted by Gasteiger charge is 2.24. The lowest BCUT2D eigenvalue weighted by molar-refractivity contribution is -0.655. The lowest BCUT2D eigenvalue weighted by atomic mass is 9.97. The minimum atomic E-state index is 0.615. The molecular weight excluding hydrogens is 436 g/mol. The normalized spacial score (nSPS) is 11.2. The van der Waals surface area contributed by atoms with Gasteiger partial charge in [0.25, 0.3) is 5.01 Å². The third kappa shape index (κ3) is 3.14. The van der Waals surface area contributed by atoms with Crippen LogP contribution in [0.5, 0.6) is 0 Å². The molecule has 0 saturated heterocycles. The second kappa shape index (κ2) is 7.98. The second-order valence-corrected chi connectivity index (χ2v) is 9.34. The Morgan fingerprint density at radius 1 is 0.824 bits per heavy atom. The van der Waals surface area contributed by atoms with Crippen molar-refractivity contribution in [2.24, 2.45) is 7.05 Å². The summed E-state index contributed by atoms with van der Waals surface area (Å²) in [5.41, 5.74) is 8.89. The van der Waals surface area contributed by atoms with Crippen LogP contribution in [0.1, 0.15) is 5.56 Å². The molecule has 0 unspecified atom stereocenters. The number of aryl methyl sites for hydroxylation is 2. The summed E-state index contributed by atoms with van der Waals surface area (Å²) in [5, 5.41) is 5.09. The molecule has 6 aromatic rings. The summed E-state index contributed by atoms with van der Waals surface area (Å²) >= 11 is 1.69. The van der Waals surface area contributed by atoms with Gasteiger partial charge in [0.1, 0.15) is 23.8 Å². The molecule has 34 heavy (non-hydrogen) atoms. The number of fused-ring (bicyclic) bond motifs is 3. The van der Waals surface area contributed by atoms with Gasteiger partial charge >= 0.3 is 0 Å². The van der Waals surface area contributed by atoms with Gasteiger partial charge < -0.3 is 4.42 Å². The van der Waals surface area contributed by atoms with Gasteiger partial charge in [0, 0.05) is 16.3 Å². The molecule has 0 amide bonds. The van der Waals surface area contributed by atoms with E-state index in [4.69, 9.17) is 11.0 Å². The highest BCUT2D eigenvalue weighted by Crippen LogP contribution is 2.45. The highest BCUT2D eigenvalue weighted by molar-refractivity contribution is 7.12. The van der Waals surface area contributed by atoms with Crippen LogP contribution in [0.15, 0.2) is 94.9 Å². The van der Waals surface area contributed by atoms with Crippen LogP contribution in [0.2, 0.25) is 0 Å². The predicted octanol–water partition coefficient (Wildman–Crippen LogP) is 8.33. The van der Waals surface area contributed by atoms with E-state index in [1.807, 2.05) is 18.2 Å². The minimum absolute atomic E-state index is 0.615. The average molecular weight is 458 g/mol. The monoisotopic (exact) mass is 457 g/mol. The summed E-state index contributed by atoms with van der Waals surface area (Å²) < 4.78 is 8.76. The minimum Gasteiger partial charge on any atom is -0.456 e. The van der Waals surface area contributed by atoms with Crippen molar-refractivity contribution in [2.45, 2.75) is 6.92 Å². The number of nitrogens with zero attached hydrogens (tertiary/aromatic N) is 2. The highest BCUT2D eigenvalue weighted by atomic mass is 32.1. The van der Waals surface area contributed by atoms with E-state index in [1.165, 1.54) is 11.1 Å². The fourth-order valence-corrected chi connectivity index (χ4v) is 5.63. The number of rotatable bonds is 3. The first kappa shape index (κ1) is 20.4. The molecule has 0 aliphatic rings. The molecule has 162 valence electrons.